The number of ether oxygens (including phenoxy) is 1. The van der Waals surface area contributed by atoms with Crippen molar-refractivity contribution in [1.82, 2.24) is 19.4 Å². The Labute approximate surface area is 163 Å². The highest BCUT2D eigenvalue weighted by Crippen LogP contribution is 2.35. The molecule has 3 heterocycles. The summed E-state index contributed by atoms with van der Waals surface area (Å²) in [7, 11) is 0. The Morgan fingerprint density at radius 1 is 1.48 bits per heavy atom. The maximum absolute atomic E-state index is 13.5. The van der Waals surface area contributed by atoms with Gasteiger partial charge < -0.3 is 14.2 Å². The molecule has 0 aliphatic carbocycles. The first-order valence-electron chi connectivity index (χ1n) is 7.93. The van der Waals surface area contributed by atoms with Crippen LogP contribution in [0.25, 0.3) is 11.0 Å². The van der Waals surface area contributed by atoms with Crippen LogP contribution in [0, 0.1) is 3.57 Å². The van der Waals surface area contributed by atoms with Gasteiger partial charge in [-0.05, 0) is 49.8 Å². The molecule has 1 aliphatic heterocycles. The fourth-order valence-electron chi connectivity index (χ4n) is 3.07. The van der Waals surface area contributed by atoms with Crippen molar-refractivity contribution >= 4 is 51.3 Å². The summed E-state index contributed by atoms with van der Waals surface area (Å²) in [4.78, 5) is 22.2. The molecule has 2 atom stereocenters. The second kappa shape index (κ2) is 6.86. The van der Waals surface area contributed by atoms with Crippen LogP contribution in [-0.4, -0.2) is 50.4 Å². The Bertz CT molecular complexity index is 807. The first-order chi connectivity index (χ1) is 11.7. The van der Waals surface area contributed by atoms with E-state index in [1.165, 1.54) is 11.2 Å². The monoisotopic (exact) mass is 480 g/mol. The standard InChI is InChI=1S/C16H19ClFIN4O2/c1-16(2,3)25-15(24)23-6-10(4-9(23)5-18)22-7-11(19)12-13(17)20-8-21-14(12)22/h7-10H,4-6H2,1-3H3/t9-,10+/m1/s1. The van der Waals surface area contributed by atoms with Crippen molar-refractivity contribution in [1.29, 1.82) is 0 Å². The largest absolute Gasteiger partial charge is 0.444 e. The van der Waals surface area contributed by atoms with Crippen LogP contribution in [0.15, 0.2) is 12.5 Å². The van der Waals surface area contributed by atoms with Gasteiger partial charge in [-0.1, -0.05) is 11.6 Å². The summed E-state index contributed by atoms with van der Waals surface area (Å²) in [6.07, 6.45) is 3.34. The SMILES string of the molecule is CC(C)(C)OC(=O)N1C[C@@H](n2cc(I)c3c(Cl)ncnc32)C[C@@H]1CF. The van der Waals surface area contributed by atoms with Crippen molar-refractivity contribution in [2.45, 2.75) is 44.9 Å². The number of nitrogens with zero attached hydrogens (tertiary/aromatic N) is 4. The van der Waals surface area contributed by atoms with Gasteiger partial charge in [0.1, 0.15) is 29.4 Å². The summed E-state index contributed by atoms with van der Waals surface area (Å²) >= 11 is 8.35. The molecule has 0 bridgehead atoms. The van der Waals surface area contributed by atoms with E-state index in [-0.39, 0.29) is 6.04 Å². The summed E-state index contributed by atoms with van der Waals surface area (Å²) in [5, 5.41) is 1.16. The zero-order valence-electron chi connectivity index (χ0n) is 14.2. The van der Waals surface area contributed by atoms with Crippen LogP contribution >= 0.6 is 34.2 Å². The van der Waals surface area contributed by atoms with E-state index >= 15 is 0 Å². The smallest absolute Gasteiger partial charge is 0.410 e. The number of likely N-dealkylation sites (tertiary alicyclic amines) is 1. The van der Waals surface area contributed by atoms with Crippen molar-refractivity contribution < 1.29 is 13.9 Å². The summed E-state index contributed by atoms with van der Waals surface area (Å²) in [5.41, 5.74) is 0.0739. The molecule has 0 aromatic carbocycles. The van der Waals surface area contributed by atoms with E-state index in [1.807, 2.05) is 10.8 Å². The predicted molar refractivity (Wildman–Crippen MR) is 102 cm³/mol. The molecule has 0 spiro atoms. The highest BCUT2D eigenvalue weighted by Gasteiger charge is 2.39. The fourth-order valence-corrected chi connectivity index (χ4v) is 4.25. The van der Waals surface area contributed by atoms with Crippen LogP contribution in [0.4, 0.5) is 9.18 Å². The number of aromatic nitrogens is 3. The van der Waals surface area contributed by atoms with Crippen LogP contribution in [0.5, 0.6) is 0 Å². The Morgan fingerprint density at radius 2 is 2.20 bits per heavy atom. The molecule has 2 aromatic rings. The third kappa shape index (κ3) is 3.69. The quantitative estimate of drug-likeness (QED) is 0.477. The fraction of sp³-hybridized carbons (Fsp3) is 0.562. The van der Waals surface area contributed by atoms with E-state index in [0.717, 1.165) is 8.96 Å². The molecule has 25 heavy (non-hydrogen) atoms. The van der Waals surface area contributed by atoms with Gasteiger partial charge in [0.15, 0.2) is 0 Å². The molecule has 0 unspecified atom stereocenters. The molecule has 1 aliphatic rings. The number of fused-ring (bicyclic) bond motifs is 1. The molecule has 0 N–H and O–H groups in total. The second-order valence-corrected chi connectivity index (χ2v) is 8.60. The van der Waals surface area contributed by atoms with Gasteiger partial charge in [0.05, 0.1) is 17.5 Å². The first kappa shape index (κ1) is 18.6. The molecule has 0 saturated carbocycles. The normalized spacial score (nSPS) is 21.1. The number of hydrogen-bond acceptors (Lipinski definition) is 4. The van der Waals surface area contributed by atoms with E-state index in [4.69, 9.17) is 16.3 Å². The summed E-state index contributed by atoms with van der Waals surface area (Å²) in [6.45, 7) is 5.14. The van der Waals surface area contributed by atoms with Crippen LogP contribution in [0.1, 0.15) is 33.2 Å². The van der Waals surface area contributed by atoms with Gasteiger partial charge in [0.2, 0.25) is 0 Å². The summed E-state index contributed by atoms with van der Waals surface area (Å²) in [6, 6.07) is -0.600. The maximum Gasteiger partial charge on any atom is 0.410 e. The number of carbonyl (C=O) groups excluding carboxylic acids is 1. The highest BCUT2D eigenvalue weighted by molar-refractivity contribution is 14.1. The Morgan fingerprint density at radius 3 is 2.84 bits per heavy atom. The minimum atomic E-state index is -0.619. The molecule has 3 rings (SSSR count). The lowest BCUT2D eigenvalue weighted by Crippen LogP contribution is -2.40. The summed E-state index contributed by atoms with van der Waals surface area (Å²) < 4.78 is 21.8. The summed E-state index contributed by atoms with van der Waals surface area (Å²) in [5.74, 6) is 0. The molecular weight excluding hydrogens is 462 g/mol. The Balaban J connectivity index is 1.90. The Kier molecular flexibility index (Phi) is 5.11. The van der Waals surface area contributed by atoms with Crippen molar-refractivity contribution in [2.24, 2.45) is 0 Å². The molecule has 1 fully saturated rings. The molecule has 0 radical (unpaired) electrons. The van der Waals surface area contributed by atoms with Gasteiger partial charge in [-0.15, -0.1) is 0 Å². The van der Waals surface area contributed by atoms with Crippen LogP contribution in [-0.2, 0) is 4.74 Å². The molecule has 1 saturated heterocycles. The van der Waals surface area contributed by atoms with Gasteiger partial charge >= 0.3 is 6.09 Å². The lowest BCUT2D eigenvalue weighted by molar-refractivity contribution is 0.0203. The number of halogens is 3. The van der Waals surface area contributed by atoms with E-state index in [1.54, 1.807) is 20.8 Å². The van der Waals surface area contributed by atoms with Gasteiger partial charge in [0, 0.05) is 16.3 Å². The van der Waals surface area contributed by atoms with Crippen LogP contribution in [0.2, 0.25) is 5.15 Å². The zero-order chi connectivity index (χ0) is 18.4. The minimum Gasteiger partial charge on any atom is -0.444 e. The van der Waals surface area contributed by atoms with Crippen molar-refractivity contribution in [3.63, 3.8) is 0 Å². The maximum atomic E-state index is 13.5. The van der Waals surface area contributed by atoms with Crippen molar-refractivity contribution in [3.8, 4) is 0 Å². The number of rotatable bonds is 2. The van der Waals surface area contributed by atoms with E-state index in [0.29, 0.717) is 23.8 Å². The molecule has 6 nitrogen and oxygen atoms in total. The van der Waals surface area contributed by atoms with E-state index in [2.05, 4.69) is 32.6 Å². The van der Waals surface area contributed by atoms with Gasteiger partial charge in [-0.2, -0.15) is 0 Å². The van der Waals surface area contributed by atoms with Gasteiger partial charge in [0.25, 0.3) is 0 Å². The molecule has 1 amide bonds. The number of hydrogen-bond donors (Lipinski definition) is 0. The molecule has 136 valence electrons. The average Bonchev–Trinajstić information content (AvgIpc) is 3.07. The van der Waals surface area contributed by atoms with E-state index < -0.39 is 24.4 Å². The topological polar surface area (TPSA) is 60.2 Å². The number of amides is 1. The first-order valence-corrected chi connectivity index (χ1v) is 9.39. The van der Waals surface area contributed by atoms with Crippen LogP contribution in [0.3, 0.4) is 0 Å². The Hall–Kier alpha value is -1.16. The highest BCUT2D eigenvalue weighted by atomic mass is 127. The van der Waals surface area contributed by atoms with Crippen molar-refractivity contribution in [3.05, 3.63) is 21.2 Å². The third-order valence-corrected chi connectivity index (χ3v) is 5.21. The average molecular weight is 481 g/mol. The molecule has 9 heteroatoms. The minimum absolute atomic E-state index is 0.0924. The third-order valence-electron chi connectivity index (χ3n) is 4.11. The number of carbonyl (C=O) groups is 1. The van der Waals surface area contributed by atoms with Crippen molar-refractivity contribution in [2.75, 3.05) is 13.2 Å². The number of alkyl halides is 1. The van der Waals surface area contributed by atoms with Gasteiger partial charge in [-0.3, -0.25) is 0 Å². The second-order valence-electron chi connectivity index (χ2n) is 7.08. The lowest BCUT2D eigenvalue weighted by Gasteiger charge is -2.27. The van der Waals surface area contributed by atoms with E-state index in [9.17, 15) is 9.18 Å². The predicted octanol–water partition coefficient (Wildman–Crippen LogP) is 4.21. The molecule has 2 aromatic heterocycles. The van der Waals surface area contributed by atoms with Gasteiger partial charge in [-0.25, -0.2) is 19.2 Å². The lowest BCUT2D eigenvalue weighted by atomic mass is 10.2. The van der Waals surface area contributed by atoms with Crippen LogP contribution < -0.4 is 0 Å². The molecular formula is C16H19ClFIN4O2. The zero-order valence-corrected chi connectivity index (χ0v) is 17.1.